The molecule has 0 unspecified atom stereocenters. The quantitative estimate of drug-likeness (QED) is 0.793. The van der Waals surface area contributed by atoms with E-state index in [1.807, 2.05) is 39.0 Å². The van der Waals surface area contributed by atoms with E-state index in [0.29, 0.717) is 0 Å². The second-order valence-electron chi connectivity index (χ2n) is 5.54. The molecule has 124 valence electrons. The SMILES string of the molecule is COc1ccc(OC)c(CCCNc2nc(C)nc(C)c2C)c1. The first-order chi connectivity index (χ1) is 11.0. The Balaban J connectivity index is 1.96. The standard InChI is InChI=1S/C18H25N3O2/c1-12-13(2)20-14(3)21-18(12)19-10-6-7-15-11-16(22-4)8-9-17(15)23-5/h8-9,11H,6-7,10H2,1-5H3,(H,19,20,21). The molecular weight excluding hydrogens is 290 g/mol. The average molecular weight is 315 g/mol. The van der Waals surface area contributed by atoms with E-state index in [2.05, 4.69) is 15.3 Å². The number of rotatable bonds is 7. The summed E-state index contributed by atoms with van der Waals surface area (Å²) in [4.78, 5) is 8.84. The summed E-state index contributed by atoms with van der Waals surface area (Å²) >= 11 is 0. The van der Waals surface area contributed by atoms with Crippen molar-refractivity contribution < 1.29 is 9.47 Å². The topological polar surface area (TPSA) is 56.3 Å². The number of ether oxygens (including phenoxy) is 2. The highest BCUT2D eigenvalue weighted by atomic mass is 16.5. The molecule has 5 heteroatoms. The fraction of sp³-hybridized carbons (Fsp3) is 0.444. The molecule has 1 heterocycles. The minimum atomic E-state index is 0.796. The second-order valence-corrected chi connectivity index (χ2v) is 5.54. The lowest BCUT2D eigenvalue weighted by Gasteiger charge is -2.12. The van der Waals surface area contributed by atoms with Crippen molar-refractivity contribution >= 4 is 5.82 Å². The van der Waals surface area contributed by atoms with Crippen molar-refractivity contribution in [3.05, 3.63) is 40.8 Å². The van der Waals surface area contributed by atoms with Crippen LogP contribution in [0.25, 0.3) is 0 Å². The molecule has 0 fully saturated rings. The maximum atomic E-state index is 5.41. The molecule has 2 aromatic rings. The van der Waals surface area contributed by atoms with Gasteiger partial charge in [0.25, 0.3) is 0 Å². The summed E-state index contributed by atoms with van der Waals surface area (Å²) in [6, 6.07) is 5.89. The molecule has 0 atom stereocenters. The van der Waals surface area contributed by atoms with Crippen LogP contribution in [0.3, 0.4) is 0 Å². The van der Waals surface area contributed by atoms with Crippen LogP contribution in [0.1, 0.15) is 29.1 Å². The van der Waals surface area contributed by atoms with Crippen LogP contribution in [0.5, 0.6) is 11.5 Å². The molecule has 0 amide bonds. The van der Waals surface area contributed by atoms with Gasteiger partial charge in [-0.25, -0.2) is 9.97 Å². The lowest BCUT2D eigenvalue weighted by Crippen LogP contribution is -2.09. The largest absolute Gasteiger partial charge is 0.497 e. The summed E-state index contributed by atoms with van der Waals surface area (Å²) in [7, 11) is 3.37. The van der Waals surface area contributed by atoms with Gasteiger partial charge in [-0.3, -0.25) is 0 Å². The zero-order valence-corrected chi connectivity index (χ0v) is 14.6. The van der Waals surface area contributed by atoms with Crippen LogP contribution in [0.2, 0.25) is 0 Å². The maximum Gasteiger partial charge on any atom is 0.132 e. The third kappa shape index (κ3) is 4.34. The molecule has 0 aliphatic heterocycles. The zero-order valence-electron chi connectivity index (χ0n) is 14.6. The van der Waals surface area contributed by atoms with E-state index in [1.54, 1.807) is 14.2 Å². The highest BCUT2D eigenvalue weighted by Crippen LogP contribution is 2.25. The number of anilines is 1. The summed E-state index contributed by atoms with van der Waals surface area (Å²) in [6.45, 7) is 6.81. The van der Waals surface area contributed by atoms with Gasteiger partial charge >= 0.3 is 0 Å². The number of aromatic nitrogens is 2. The van der Waals surface area contributed by atoms with Crippen molar-refractivity contribution in [2.24, 2.45) is 0 Å². The molecule has 1 aromatic carbocycles. The minimum Gasteiger partial charge on any atom is -0.497 e. The first-order valence-corrected chi connectivity index (χ1v) is 7.81. The van der Waals surface area contributed by atoms with Crippen LogP contribution in [0.4, 0.5) is 5.82 Å². The Labute approximate surface area is 138 Å². The molecule has 0 spiro atoms. The van der Waals surface area contributed by atoms with Gasteiger partial charge < -0.3 is 14.8 Å². The summed E-state index contributed by atoms with van der Waals surface area (Å²) in [5, 5.41) is 3.41. The van der Waals surface area contributed by atoms with Gasteiger partial charge in [0.15, 0.2) is 0 Å². The second kappa shape index (κ2) is 7.81. The Morgan fingerprint density at radius 2 is 1.83 bits per heavy atom. The van der Waals surface area contributed by atoms with Gasteiger partial charge in [-0.05, 0) is 57.4 Å². The Hall–Kier alpha value is -2.30. The molecular formula is C18H25N3O2. The number of methoxy groups -OCH3 is 2. The average Bonchev–Trinajstić information content (AvgIpc) is 2.55. The number of hydrogen-bond donors (Lipinski definition) is 1. The van der Waals surface area contributed by atoms with Gasteiger partial charge in [-0.2, -0.15) is 0 Å². The summed E-state index contributed by atoms with van der Waals surface area (Å²) in [6.07, 6.45) is 1.89. The maximum absolute atomic E-state index is 5.41. The van der Waals surface area contributed by atoms with Gasteiger partial charge in [0.2, 0.25) is 0 Å². The molecule has 0 saturated heterocycles. The number of nitrogens with zero attached hydrogens (tertiary/aromatic N) is 2. The van der Waals surface area contributed by atoms with Gasteiger partial charge in [0, 0.05) is 17.8 Å². The molecule has 5 nitrogen and oxygen atoms in total. The lowest BCUT2D eigenvalue weighted by molar-refractivity contribution is 0.398. The van der Waals surface area contributed by atoms with Crippen LogP contribution in [0.15, 0.2) is 18.2 Å². The Kier molecular flexibility index (Phi) is 5.79. The van der Waals surface area contributed by atoms with Crippen LogP contribution in [0, 0.1) is 20.8 Å². The summed E-state index contributed by atoms with van der Waals surface area (Å²) in [5.74, 6) is 3.47. The van der Waals surface area contributed by atoms with Crippen LogP contribution in [-0.2, 0) is 6.42 Å². The first-order valence-electron chi connectivity index (χ1n) is 7.81. The van der Waals surface area contributed by atoms with Gasteiger partial charge in [0.05, 0.1) is 14.2 Å². The molecule has 0 aliphatic rings. The third-order valence-corrected chi connectivity index (χ3v) is 3.90. The molecule has 0 bridgehead atoms. The number of benzene rings is 1. The van der Waals surface area contributed by atoms with E-state index in [9.17, 15) is 0 Å². The first kappa shape index (κ1) is 17.1. The lowest BCUT2D eigenvalue weighted by atomic mass is 10.1. The van der Waals surface area contributed by atoms with Crippen molar-refractivity contribution in [2.45, 2.75) is 33.6 Å². The van der Waals surface area contributed by atoms with Crippen molar-refractivity contribution in [1.29, 1.82) is 0 Å². The summed E-state index contributed by atoms with van der Waals surface area (Å²) in [5.41, 5.74) is 3.28. The fourth-order valence-corrected chi connectivity index (χ4v) is 2.50. The van der Waals surface area contributed by atoms with Crippen molar-refractivity contribution in [3.8, 4) is 11.5 Å². The van der Waals surface area contributed by atoms with E-state index in [0.717, 1.165) is 59.3 Å². The Morgan fingerprint density at radius 3 is 2.52 bits per heavy atom. The van der Waals surface area contributed by atoms with E-state index in [4.69, 9.17) is 9.47 Å². The molecule has 2 rings (SSSR count). The Bertz CT molecular complexity index is 672. The molecule has 0 radical (unpaired) electrons. The highest BCUT2D eigenvalue weighted by Gasteiger charge is 2.07. The van der Waals surface area contributed by atoms with Crippen LogP contribution < -0.4 is 14.8 Å². The molecule has 1 N–H and O–H groups in total. The van der Waals surface area contributed by atoms with Crippen molar-refractivity contribution in [2.75, 3.05) is 26.1 Å². The molecule has 23 heavy (non-hydrogen) atoms. The normalized spacial score (nSPS) is 10.5. The van der Waals surface area contributed by atoms with E-state index >= 15 is 0 Å². The van der Waals surface area contributed by atoms with E-state index in [-0.39, 0.29) is 0 Å². The minimum absolute atomic E-state index is 0.796. The predicted molar refractivity (Wildman–Crippen MR) is 92.6 cm³/mol. The van der Waals surface area contributed by atoms with E-state index in [1.165, 1.54) is 0 Å². The number of hydrogen-bond acceptors (Lipinski definition) is 5. The molecule has 1 aromatic heterocycles. The smallest absolute Gasteiger partial charge is 0.132 e. The van der Waals surface area contributed by atoms with Crippen molar-refractivity contribution in [3.63, 3.8) is 0 Å². The predicted octanol–water partition coefficient (Wildman–Crippen LogP) is 3.46. The summed E-state index contributed by atoms with van der Waals surface area (Å²) < 4.78 is 10.7. The van der Waals surface area contributed by atoms with Crippen molar-refractivity contribution in [1.82, 2.24) is 9.97 Å². The number of nitrogens with one attached hydrogen (secondary N) is 1. The molecule has 0 aliphatic carbocycles. The zero-order chi connectivity index (χ0) is 16.8. The highest BCUT2D eigenvalue weighted by molar-refractivity contribution is 5.45. The monoisotopic (exact) mass is 315 g/mol. The third-order valence-electron chi connectivity index (χ3n) is 3.90. The molecule has 0 saturated carbocycles. The fourth-order valence-electron chi connectivity index (χ4n) is 2.50. The number of aryl methyl sites for hydroxylation is 3. The van der Waals surface area contributed by atoms with E-state index < -0.39 is 0 Å². The van der Waals surface area contributed by atoms with Gasteiger partial charge in [0.1, 0.15) is 23.1 Å². The van der Waals surface area contributed by atoms with Crippen LogP contribution >= 0.6 is 0 Å². The van der Waals surface area contributed by atoms with Gasteiger partial charge in [-0.15, -0.1) is 0 Å². The Morgan fingerprint density at radius 1 is 1.04 bits per heavy atom. The van der Waals surface area contributed by atoms with Crippen LogP contribution in [-0.4, -0.2) is 30.7 Å². The van der Waals surface area contributed by atoms with Gasteiger partial charge in [-0.1, -0.05) is 0 Å².